The van der Waals surface area contributed by atoms with Crippen LogP contribution in [0.3, 0.4) is 0 Å². The van der Waals surface area contributed by atoms with Crippen molar-refractivity contribution in [2.75, 3.05) is 0 Å². The normalized spacial score (nSPS) is 16.3. The Morgan fingerprint density at radius 3 is 2.67 bits per heavy atom. The first-order valence-electron chi connectivity index (χ1n) is 10.2. The molecule has 0 saturated carbocycles. The molecule has 1 atom stereocenters. The Labute approximate surface area is 204 Å². The van der Waals surface area contributed by atoms with Crippen molar-refractivity contribution in [3.63, 3.8) is 0 Å². The number of aromatic nitrogens is 2. The van der Waals surface area contributed by atoms with E-state index in [-0.39, 0.29) is 11.9 Å². The van der Waals surface area contributed by atoms with Crippen LogP contribution >= 0.6 is 35.2 Å². The van der Waals surface area contributed by atoms with Crippen molar-refractivity contribution >= 4 is 45.8 Å². The van der Waals surface area contributed by atoms with Crippen LogP contribution in [0.4, 0.5) is 4.39 Å². The van der Waals surface area contributed by atoms with Gasteiger partial charge < -0.3 is 14.7 Å². The summed E-state index contributed by atoms with van der Waals surface area (Å²) in [7, 11) is 0. The molecule has 0 spiro atoms. The van der Waals surface area contributed by atoms with Gasteiger partial charge in [-0.3, -0.25) is 0 Å². The molecule has 0 saturated heterocycles. The molecular weight excluding hydrogens is 479 g/mol. The minimum absolute atomic E-state index is 0.308. The quantitative estimate of drug-likeness (QED) is 0.320. The van der Waals surface area contributed by atoms with E-state index in [0.29, 0.717) is 28.4 Å². The number of benzene rings is 2. The summed E-state index contributed by atoms with van der Waals surface area (Å²) in [5.41, 5.74) is 3.40. The van der Waals surface area contributed by atoms with Gasteiger partial charge in [-0.15, -0.1) is 11.3 Å². The Bertz CT molecular complexity index is 1330. The minimum Gasteiger partial charge on any atom is -0.351 e. The molecule has 4 aromatic rings. The van der Waals surface area contributed by atoms with Crippen molar-refractivity contribution in [3.8, 4) is 10.7 Å². The predicted molar refractivity (Wildman–Crippen MR) is 132 cm³/mol. The van der Waals surface area contributed by atoms with E-state index >= 15 is 0 Å². The Morgan fingerprint density at radius 2 is 1.94 bits per heavy atom. The van der Waals surface area contributed by atoms with E-state index in [2.05, 4.69) is 15.5 Å². The smallest absolute Gasteiger partial charge is 0.258 e. The lowest BCUT2D eigenvalue weighted by atomic mass is 9.94. The molecule has 2 aromatic carbocycles. The zero-order chi connectivity index (χ0) is 22.9. The average Bonchev–Trinajstić information content (AvgIpc) is 3.50. The van der Waals surface area contributed by atoms with Gasteiger partial charge in [0.25, 0.3) is 5.89 Å². The molecule has 0 aliphatic carbocycles. The molecule has 1 aliphatic heterocycles. The van der Waals surface area contributed by atoms with Crippen molar-refractivity contribution in [2.45, 2.75) is 19.5 Å². The Kier molecular flexibility index (Phi) is 5.97. The number of hydrogen-bond donors (Lipinski definition) is 1. The topological polar surface area (TPSA) is 54.2 Å². The van der Waals surface area contributed by atoms with E-state index in [1.165, 1.54) is 23.5 Å². The van der Waals surface area contributed by atoms with Crippen LogP contribution in [0.5, 0.6) is 0 Å². The first-order valence-corrected chi connectivity index (χ1v) is 11.8. The second-order valence-corrected chi connectivity index (χ2v) is 9.25. The molecule has 166 valence electrons. The summed E-state index contributed by atoms with van der Waals surface area (Å²) in [6.07, 6.45) is 0. The van der Waals surface area contributed by atoms with E-state index in [0.717, 1.165) is 27.3 Å². The van der Waals surface area contributed by atoms with Crippen molar-refractivity contribution in [2.24, 2.45) is 0 Å². The molecule has 1 unspecified atom stereocenters. The number of rotatable bonds is 5. The third-order valence-electron chi connectivity index (χ3n) is 5.48. The van der Waals surface area contributed by atoms with Crippen LogP contribution in [0.1, 0.15) is 30.0 Å². The van der Waals surface area contributed by atoms with Crippen LogP contribution in [0.15, 0.2) is 76.3 Å². The summed E-state index contributed by atoms with van der Waals surface area (Å²) in [5, 5.41) is 10.7. The molecule has 0 radical (unpaired) electrons. The second-order valence-electron chi connectivity index (χ2n) is 7.51. The van der Waals surface area contributed by atoms with Gasteiger partial charge in [0.15, 0.2) is 5.11 Å². The zero-order valence-corrected chi connectivity index (χ0v) is 19.8. The zero-order valence-electron chi connectivity index (χ0n) is 17.5. The molecule has 0 fully saturated rings. The maximum absolute atomic E-state index is 13.6. The van der Waals surface area contributed by atoms with Crippen molar-refractivity contribution in [1.82, 2.24) is 20.4 Å². The summed E-state index contributed by atoms with van der Waals surface area (Å²) in [6.45, 7) is 2.44. The van der Waals surface area contributed by atoms with E-state index in [1.54, 1.807) is 12.1 Å². The van der Waals surface area contributed by atoms with Crippen molar-refractivity contribution in [1.29, 1.82) is 0 Å². The summed E-state index contributed by atoms with van der Waals surface area (Å²) >= 11 is 13.7. The van der Waals surface area contributed by atoms with Gasteiger partial charge in [-0.1, -0.05) is 53.2 Å². The SMILES string of the molecule is CC1=C(c2nc(-c3cccs3)no2)C(c2ccc(F)cc2)NC(=S)N1Cc1ccccc1Cl. The Morgan fingerprint density at radius 1 is 1.15 bits per heavy atom. The van der Waals surface area contributed by atoms with Gasteiger partial charge in [-0.25, -0.2) is 4.39 Å². The first-order chi connectivity index (χ1) is 16.0. The number of hydrogen-bond acceptors (Lipinski definition) is 5. The summed E-state index contributed by atoms with van der Waals surface area (Å²) in [6, 6.07) is 17.4. The largest absolute Gasteiger partial charge is 0.351 e. The van der Waals surface area contributed by atoms with E-state index in [1.807, 2.05) is 53.6 Å². The number of halogens is 2. The second kappa shape index (κ2) is 9.05. The molecule has 9 heteroatoms. The molecule has 0 amide bonds. The maximum atomic E-state index is 13.6. The highest BCUT2D eigenvalue weighted by molar-refractivity contribution is 7.80. The van der Waals surface area contributed by atoms with Gasteiger partial charge in [-0.05, 0) is 59.9 Å². The fourth-order valence-electron chi connectivity index (χ4n) is 3.79. The third-order valence-corrected chi connectivity index (χ3v) is 7.06. The lowest BCUT2D eigenvalue weighted by Gasteiger charge is -2.37. The first kappa shape index (κ1) is 21.8. The fourth-order valence-corrected chi connectivity index (χ4v) is 4.95. The number of nitrogens with zero attached hydrogens (tertiary/aromatic N) is 3. The van der Waals surface area contributed by atoms with Gasteiger partial charge in [-0.2, -0.15) is 4.98 Å². The highest BCUT2D eigenvalue weighted by Gasteiger charge is 2.34. The Balaban J connectivity index is 1.61. The number of thiophene rings is 1. The molecule has 33 heavy (non-hydrogen) atoms. The van der Waals surface area contributed by atoms with Gasteiger partial charge in [0.2, 0.25) is 5.82 Å². The Hall–Kier alpha value is -3.07. The predicted octanol–water partition coefficient (Wildman–Crippen LogP) is 6.45. The summed E-state index contributed by atoms with van der Waals surface area (Å²) in [4.78, 5) is 7.54. The van der Waals surface area contributed by atoms with E-state index in [9.17, 15) is 4.39 Å². The molecule has 5 rings (SSSR count). The molecule has 3 heterocycles. The maximum Gasteiger partial charge on any atom is 0.258 e. The van der Waals surface area contributed by atoms with Crippen molar-refractivity contribution in [3.05, 3.63) is 99.6 Å². The van der Waals surface area contributed by atoms with Crippen LogP contribution in [-0.4, -0.2) is 20.2 Å². The van der Waals surface area contributed by atoms with Gasteiger partial charge in [0.1, 0.15) is 5.82 Å². The lowest BCUT2D eigenvalue weighted by Crippen LogP contribution is -2.45. The van der Waals surface area contributed by atoms with Crippen LogP contribution in [0.2, 0.25) is 5.02 Å². The fraction of sp³-hybridized carbons (Fsp3) is 0.125. The monoisotopic (exact) mass is 496 g/mol. The average molecular weight is 497 g/mol. The number of nitrogens with one attached hydrogen (secondary N) is 1. The van der Waals surface area contributed by atoms with E-state index < -0.39 is 0 Å². The molecule has 1 N–H and O–H groups in total. The van der Waals surface area contributed by atoms with Gasteiger partial charge in [0.05, 0.1) is 23.0 Å². The highest BCUT2D eigenvalue weighted by atomic mass is 35.5. The number of thiocarbonyl (C=S) groups is 1. The number of allylic oxidation sites excluding steroid dienone is 1. The highest BCUT2D eigenvalue weighted by Crippen LogP contribution is 2.38. The van der Waals surface area contributed by atoms with Gasteiger partial charge in [0, 0.05) is 10.7 Å². The summed E-state index contributed by atoms with van der Waals surface area (Å²) in [5.74, 6) is 0.589. The van der Waals surface area contributed by atoms with Crippen LogP contribution in [0, 0.1) is 5.82 Å². The standard InChI is InChI=1S/C24H18ClFN4OS2/c1-14-20(23-28-22(29-31-23)19-7-4-12-33-19)21(15-8-10-17(26)11-9-15)27-24(32)30(14)13-16-5-2-3-6-18(16)25/h2-12,21H,13H2,1H3,(H,27,32). The lowest BCUT2D eigenvalue weighted by molar-refractivity contribution is 0.396. The van der Waals surface area contributed by atoms with Crippen LogP contribution in [0.25, 0.3) is 16.3 Å². The molecule has 5 nitrogen and oxygen atoms in total. The minimum atomic E-state index is -0.378. The van der Waals surface area contributed by atoms with Crippen molar-refractivity contribution < 1.29 is 8.91 Å². The van der Waals surface area contributed by atoms with Gasteiger partial charge >= 0.3 is 0 Å². The molecular formula is C24H18ClFN4OS2. The molecule has 0 bridgehead atoms. The third kappa shape index (κ3) is 4.29. The van der Waals surface area contributed by atoms with Crippen LogP contribution in [-0.2, 0) is 6.54 Å². The molecule has 2 aromatic heterocycles. The van der Waals surface area contributed by atoms with Crippen LogP contribution < -0.4 is 5.32 Å². The summed E-state index contributed by atoms with van der Waals surface area (Å²) < 4.78 is 19.3. The molecule has 1 aliphatic rings. The van der Waals surface area contributed by atoms with E-state index in [4.69, 9.17) is 28.3 Å².